The van der Waals surface area contributed by atoms with Gasteiger partial charge in [0.25, 0.3) is 0 Å². The summed E-state index contributed by atoms with van der Waals surface area (Å²) in [5.41, 5.74) is 1.95. The van der Waals surface area contributed by atoms with Crippen molar-refractivity contribution in [3.63, 3.8) is 0 Å². The average Bonchev–Trinajstić information content (AvgIpc) is 3.18. The predicted molar refractivity (Wildman–Crippen MR) is 112 cm³/mol. The van der Waals surface area contributed by atoms with E-state index in [4.69, 9.17) is 14.2 Å². The molecule has 8 heteroatoms. The molecule has 0 radical (unpaired) electrons. The fourth-order valence-electron chi connectivity index (χ4n) is 3.51. The van der Waals surface area contributed by atoms with E-state index in [0.29, 0.717) is 11.7 Å². The lowest BCUT2D eigenvalue weighted by molar-refractivity contribution is -0.119. The molecular formula is C21H24N4O3S. The van der Waals surface area contributed by atoms with Gasteiger partial charge in [0.1, 0.15) is 5.75 Å². The van der Waals surface area contributed by atoms with Gasteiger partial charge in [0.15, 0.2) is 10.9 Å². The number of carbonyl (C=O) groups is 1. The van der Waals surface area contributed by atoms with Gasteiger partial charge in [0, 0.05) is 32.0 Å². The highest BCUT2D eigenvalue weighted by molar-refractivity contribution is 7.22. The third-order valence-electron chi connectivity index (χ3n) is 5.49. The molecule has 1 N–H and O–H groups in total. The van der Waals surface area contributed by atoms with Crippen LogP contribution < -0.4 is 15.0 Å². The largest absolute Gasteiger partial charge is 0.493 e. The molecule has 1 saturated heterocycles. The van der Waals surface area contributed by atoms with E-state index in [-0.39, 0.29) is 11.9 Å². The molecule has 1 atom stereocenters. The maximum Gasteiger partial charge on any atom is 0.217 e. The van der Waals surface area contributed by atoms with Crippen molar-refractivity contribution in [1.29, 1.82) is 0 Å². The van der Waals surface area contributed by atoms with Crippen LogP contribution in [0.2, 0.25) is 0 Å². The van der Waals surface area contributed by atoms with Gasteiger partial charge in [-0.1, -0.05) is 16.5 Å². The van der Waals surface area contributed by atoms with E-state index in [9.17, 15) is 4.79 Å². The predicted octanol–water partition coefficient (Wildman–Crippen LogP) is 3.87. The Bertz CT molecular complexity index is 1040. The number of ether oxygens (including phenoxy) is 1. The van der Waals surface area contributed by atoms with E-state index in [1.165, 1.54) is 19.8 Å². The molecule has 3 aromatic rings. The van der Waals surface area contributed by atoms with Crippen LogP contribution >= 0.6 is 11.3 Å². The number of nitrogens with zero attached hydrogens (tertiary/aromatic N) is 3. The number of rotatable bonds is 7. The van der Waals surface area contributed by atoms with Gasteiger partial charge in [-0.25, -0.2) is 4.98 Å². The lowest BCUT2D eigenvalue weighted by atomic mass is 9.96. The molecule has 1 saturated carbocycles. The molecule has 29 heavy (non-hydrogen) atoms. The third kappa shape index (κ3) is 3.94. The van der Waals surface area contributed by atoms with E-state index in [1.807, 2.05) is 25.1 Å². The summed E-state index contributed by atoms with van der Waals surface area (Å²) in [6.45, 7) is 5.95. The minimum atomic E-state index is -0.175. The van der Waals surface area contributed by atoms with Gasteiger partial charge in [-0.05, 0) is 43.9 Å². The lowest BCUT2D eigenvalue weighted by Crippen LogP contribution is -2.45. The number of fused-ring (bicyclic) bond motifs is 1. The first-order valence-electron chi connectivity index (χ1n) is 10.1. The van der Waals surface area contributed by atoms with Crippen molar-refractivity contribution >= 4 is 32.6 Å². The Hall–Kier alpha value is -2.61. The topological polar surface area (TPSA) is 80.5 Å². The summed E-state index contributed by atoms with van der Waals surface area (Å²) >= 11 is 1.70. The first kappa shape index (κ1) is 18.4. The van der Waals surface area contributed by atoms with Crippen molar-refractivity contribution < 1.29 is 14.1 Å². The van der Waals surface area contributed by atoms with Crippen LogP contribution in [0, 0.1) is 5.92 Å². The zero-order valence-corrected chi connectivity index (χ0v) is 17.4. The summed E-state index contributed by atoms with van der Waals surface area (Å²) in [5.74, 6) is 2.61. The van der Waals surface area contributed by atoms with Crippen molar-refractivity contribution in [3.05, 3.63) is 35.7 Å². The monoisotopic (exact) mass is 412 g/mol. The summed E-state index contributed by atoms with van der Waals surface area (Å²) in [6, 6.07) is 7.93. The van der Waals surface area contributed by atoms with Crippen LogP contribution in [0.15, 0.2) is 28.8 Å². The molecule has 2 aromatic heterocycles. The van der Waals surface area contributed by atoms with Gasteiger partial charge >= 0.3 is 0 Å². The Kier molecular flexibility index (Phi) is 4.66. The van der Waals surface area contributed by atoms with Crippen LogP contribution in [0.5, 0.6) is 5.75 Å². The number of hydrogen-bond acceptors (Lipinski definition) is 7. The van der Waals surface area contributed by atoms with E-state index in [2.05, 4.69) is 21.4 Å². The van der Waals surface area contributed by atoms with Crippen molar-refractivity contribution in [2.24, 2.45) is 5.92 Å². The maximum absolute atomic E-state index is 11.2. The van der Waals surface area contributed by atoms with E-state index >= 15 is 0 Å². The SMILES string of the molecule is CC(=O)N[C@@H](C)c1cc(C2CN(c3nc4ccc(OCC5CC5)cc4s3)C2)no1. The summed E-state index contributed by atoms with van der Waals surface area (Å²) in [6.07, 6.45) is 2.59. The van der Waals surface area contributed by atoms with Crippen LogP contribution in [-0.4, -0.2) is 35.7 Å². The van der Waals surface area contributed by atoms with Crippen LogP contribution in [0.4, 0.5) is 5.13 Å². The smallest absolute Gasteiger partial charge is 0.217 e. The Balaban J connectivity index is 1.21. The van der Waals surface area contributed by atoms with E-state index < -0.39 is 0 Å². The normalized spacial score (nSPS) is 17.9. The molecule has 1 aliphatic heterocycles. The van der Waals surface area contributed by atoms with Gasteiger partial charge < -0.3 is 19.5 Å². The number of aromatic nitrogens is 2. The molecule has 0 spiro atoms. The van der Waals surface area contributed by atoms with E-state index in [1.54, 1.807) is 11.3 Å². The molecular weight excluding hydrogens is 388 g/mol. The molecule has 5 rings (SSSR count). The summed E-state index contributed by atoms with van der Waals surface area (Å²) < 4.78 is 12.5. The number of nitrogens with one attached hydrogen (secondary N) is 1. The standard InChI is InChI=1S/C21H24N4O3S/c1-12(22-13(2)26)19-8-18(24-28-19)15-9-25(10-15)21-23-17-6-5-16(7-20(17)29-21)27-11-14-3-4-14/h5-8,12,14-15H,3-4,9-11H2,1-2H3,(H,22,26)/t12-/m0/s1. The number of amides is 1. The third-order valence-corrected chi connectivity index (χ3v) is 6.57. The minimum Gasteiger partial charge on any atom is -0.493 e. The Morgan fingerprint density at radius 2 is 2.21 bits per heavy atom. The van der Waals surface area contributed by atoms with Crippen molar-refractivity contribution in [2.45, 2.75) is 38.6 Å². The molecule has 1 aliphatic carbocycles. The van der Waals surface area contributed by atoms with Crippen LogP contribution in [0.1, 0.15) is 50.1 Å². The molecule has 1 amide bonds. The molecule has 7 nitrogen and oxygen atoms in total. The minimum absolute atomic E-state index is 0.0813. The molecule has 0 unspecified atom stereocenters. The Labute approximate surface area is 173 Å². The van der Waals surface area contributed by atoms with Gasteiger partial charge in [0.2, 0.25) is 5.91 Å². The zero-order valence-electron chi connectivity index (χ0n) is 16.6. The van der Waals surface area contributed by atoms with Crippen molar-refractivity contribution in [2.75, 3.05) is 24.6 Å². The number of anilines is 1. The fraction of sp³-hybridized carbons (Fsp3) is 0.476. The highest BCUT2D eigenvalue weighted by Gasteiger charge is 2.33. The second-order valence-corrected chi connectivity index (χ2v) is 9.07. The van der Waals surface area contributed by atoms with E-state index in [0.717, 1.165) is 52.4 Å². The molecule has 152 valence electrons. The Morgan fingerprint density at radius 3 is 2.97 bits per heavy atom. The van der Waals surface area contributed by atoms with Gasteiger partial charge in [0.05, 0.1) is 28.6 Å². The second kappa shape index (κ2) is 7.33. The zero-order chi connectivity index (χ0) is 20.0. The first-order chi connectivity index (χ1) is 14.0. The number of thiazole rings is 1. The van der Waals surface area contributed by atoms with Crippen LogP contribution in [0.25, 0.3) is 10.2 Å². The number of hydrogen-bond donors (Lipinski definition) is 1. The van der Waals surface area contributed by atoms with Crippen molar-refractivity contribution in [1.82, 2.24) is 15.5 Å². The fourth-order valence-corrected chi connectivity index (χ4v) is 4.53. The number of carbonyl (C=O) groups excluding carboxylic acids is 1. The van der Waals surface area contributed by atoms with Gasteiger partial charge in [-0.15, -0.1) is 0 Å². The average molecular weight is 413 g/mol. The molecule has 2 aliphatic rings. The highest BCUT2D eigenvalue weighted by atomic mass is 32.1. The molecule has 0 bridgehead atoms. The highest BCUT2D eigenvalue weighted by Crippen LogP contribution is 2.38. The number of benzene rings is 1. The van der Waals surface area contributed by atoms with Gasteiger partial charge in [-0.3, -0.25) is 4.79 Å². The summed E-state index contributed by atoms with van der Waals surface area (Å²) in [7, 11) is 0. The lowest BCUT2D eigenvalue weighted by Gasteiger charge is -2.37. The summed E-state index contributed by atoms with van der Waals surface area (Å²) in [5, 5.41) is 8.05. The first-order valence-corrected chi connectivity index (χ1v) is 10.9. The van der Waals surface area contributed by atoms with Gasteiger partial charge in [-0.2, -0.15) is 0 Å². The maximum atomic E-state index is 11.2. The summed E-state index contributed by atoms with van der Waals surface area (Å²) in [4.78, 5) is 18.3. The van der Waals surface area contributed by atoms with Crippen LogP contribution in [0.3, 0.4) is 0 Å². The quantitative estimate of drug-likeness (QED) is 0.634. The molecule has 3 heterocycles. The Morgan fingerprint density at radius 1 is 1.38 bits per heavy atom. The van der Waals surface area contributed by atoms with Crippen molar-refractivity contribution in [3.8, 4) is 5.75 Å². The second-order valence-electron chi connectivity index (χ2n) is 8.06. The molecule has 1 aromatic carbocycles. The molecule has 2 fully saturated rings. The van der Waals surface area contributed by atoms with Crippen LogP contribution in [-0.2, 0) is 4.79 Å².